The molecule has 3 heterocycles. The molecule has 0 amide bonds. The molecule has 336 valence electrons. The topological polar surface area (TPSA) is 65.0 Å². The molecule has 0 aliphatic rings. The van der Waals surface area contributed by atoms with Crippen molar-refractivity contribution in [2.45, 2.75) is 0 Å². The van der Waals surface area contributed by atoms with Crippen LogP contribution in [0.25, 0.3) is 144 Å². The van der Waals surface area contributed by atoms with E-state index < -0.39 is 0 Å². The van der Waals surface area contributed by atoms with Crippen LogP contribution in [0.2, 0.25) is 0 Å². The first-order valence-electron chi connectivity index (χ1n) is 24.2. The third-order valence-electron chi connectivity index (χ3n) is 14.0. The van der Waals surface area contributed by atoms with Gasteiger partial charge in [-0.1, -0.05) is 237 Å². The minimum atomic E-state index is 0.587. The van der Waals surface area contributed by atoms with Crippen molar-refractivity contribution in [3.63, 3.8) is 0 Å². The normalized spacial score (nSPS) is 11.6. The summed E-state index contributed by atoms with van der Waals surface area (Å²) in [6, 6.07) is 86.8. The predicted octanol–water partition coefficient (Wildman–Crippen LogP) is 18.2. The molecule has 0 N–H and O–H groups in total. The molecule has 0 aliphatic carbocycles. The highest BCUT2D eigenvalue weighted by atomic mass is 16.3. The zero-order chi connectivity index (χ0) is 47.5. The first-order valence-corrected chi connectivity index (χ1v) is 24.2. The number of hydrogen-bond donors (Lipinski definition) is 0. The molecule has 3 aromatic heterocycles. The number of furan rings is 2. The summed E-state index contributed by atoms with van der Waals surface area (Å²) >= 11 is 0. The molecule has 0 radical (unpaired) electrons. The van der Waals surface area contributed by atoms with E-state index in [2.05, 4.69) is 237 Å². The van der Waals surface area contributed by atoms with Gasteiger partial charge in [-0.05, 0) is 56.3 Å². The van der Waals surface area contributed by atoms with Crippen molar-refractivity contribution >= 4 is 54.6 Å². The highest BCUT2D eigenvalue weighted by Crippen LogP contribution is 2.43. The van der Waals surface area contributed by atoms with Gasteiger partial charge in [0.1, 0.15) is 22.3 Å². The maximum absolute atomic E-state index is 6.90. The van der Waals surface area contributed by atoms with Crippen molar-refractivity contribution in [3.8, 4) is 89.8 Å². The Bertz CT molecular complexity index is 4370. The van der Waals surface area contributed by atoms with E-state index in [4.69, 9.17) is 23.8 Å². The Morgan fingerprint density at radius 2 is 0.556 bits per heavy atom. The number of fused-ring (bicyclic) bond motifs is 7. The molecule has 14 aromatic rings. The number of hydrogen-bond acceptors (Lipinski definition) is 5. The molecule has 14 rings (SSSR count). The van der Waals surface area contributed by atoms with E-state index in [0.717, 1.165) is 116 Å². The van der Waals surface area contributed by atoms with Gasteiger partial charge in [0.25, 0.3) is 0 Å². The average molecular weight is 920 g/mol. The summed E-state index contributed by atoms with van der Waals surface area (Å²) in [6.07, 6.45) is 0. The zero-order valence-electron chi connectivity index (χ0n) is 38.8. The Labute approximate surface area is 415 Å². The summed E-state index contributed by atoms with van der Waals surface area (Å²) < 4.78 is 13.7. The van der Waals surface area contributed by atoms with Gasteiger partial charge in [-0.25, -0.2) is 15.0 Å². The van der Waals surface area contributed by atoms with Gasteiger partial charge in [0, 0.05) is 60.5 Å². The fraction of sp³-hybridized carbons (Fsp3) is 0. The van der Waals surface area contributed by atoms with Gasteiger partial charge in [0.2, 0.25) is 0 Å². The summed E-state index contributed by atoms with van der Waals surface area (Å²) in [5, 5.41) is 6.62. The smallest absolute Gasteiger partial charge is 0.164 e. The maximum atomic E-state index is 6.90. The van der Waals surface area contributed by atoms with Crippen molar-refractivity contribution < 1.29 is 8.83 Å². The Kier molecular flexibility index (Phi) is 9.78. The summed E-state index contributed by atoms with van der Waals surface area (Å²) in [5.41, 5.74) is 17.0. The molecule has 72 heavy (non-hydrogen) atoms. The monoisotopic (exact) mass is 919 g/mol. The largest absolute Gasteiger partial charge is 0.455 e. The van der Waals surface area contributed by atoms with Gasteiger partial charge in [-0.2, -0.15) is 0 Å². The van der Waals surface area contributed by atoms with Crippen molar-refractivity contribution in [1.82, 2.24) is 15.0 Å². The van der Waals surface area contributed by atoms with Crippen LogP contribution in [-0.2, 0) is 0 Å². The Morgan fingerprint density at radius 3 is 1.06 bits per heavy atom. The molecule has 5 heteroatoms. The van der Waals surface area contributed by atoms with E-state index in [1.54, 1.807) is 0 Å². The van der Waals surface area contributed by atoms with Crippen LogP contribution in [0.3, 0.4) is 0 Å². The van der Waals surface area contributed by atoms with Crippen LogP contribution in [0.5, 0.6) is 0 Å². The SMILES string of the molecule is c1ccc(-c2cccc(-c3cccc4c3oc3c(-c5ccc(-c6nc(-c7ccc(-c8cccc9c8oc8c(-c%10ccccc%10)cccc89)cc7)nc(-c7ccc8ccccc8c7)n6)cc5)cccc34)c2)cc1. The fourth-order valence-corrected chi connectivity index (χ4v) is 10.4. The lowest BCUT2D eigenvalue weighted by Gasteiger charge is -2.10. The molecule has 0 saturated heterocycles. The highest BCUT2D eigenvalue weighted by Gasteiger charge is 2.19. The van der Waals surface area contributed by atoms with Crippen LogP contribution in [0.1, 0.15) is 0 Å². The second-order valence-electron chi connectivity index (χ2n) is 18.3. The van der Waals surface area contributed by atoms with E-state index in [1.165, 1.54) is 11.1 Å². The predicted molar refractivity (Wildman–Crippen MR) is 295 cm³/mol. The van der Waals surface area contributed by atoms with E-state index in [9.17, 15) is 0 Å². The van der Waals surface area contributed by atoms with Gasteiger partial charge < -0.3 is 8.83 Å². The molecule has 0 saturated carbocycles. The molecule has 0 aliphatic heterocycles. The molecule has 11 aromatic carbocycles. The number of rotatable bonds is 8. The van der Waals surface area contributed by atoms with Gasteiger partial charge in [-0.3, -0.25) is 0 Å². The lowest BCUT2D eigenvalue weighted by molar-refractivity contribution is 0.670. The molecule has 0 spiro atoms. The van der Waals surface area contributed by atoms with Crippen LogP contribution < -0.4 is 0 Å². The van der Waals surface area contributed by atoms with Crippen molar-refractivity contribution in [2.24, 2.45) is 0 Å². The van der Waals surface area contributed by atoms with Crippen molar-refractivity contribution in [3.05, 3.63) is 249 Å². The Balaban J connectivity index is 0.835. The second kappa shape index (κ2) is 17.1. The minimum absolute atomic E-state index is 0.587. The van der Waals surface area contributed by atoms with Crippen LogP contribution in [0, 0.1) is 0 Å². The molecule has 0 bridgehead atoms. The Morgan fingerprint density at radius 1 is 0.208 bits per heavy atom. The highest BCUT2D eigenvalue weighted by molar-refractivity contribution is 6.14. The minimum Gasteiger partial charge on any atom is -0.455 e. The van der Waals surface area contributed by atoms with E-state index in [0.29, 0.717) is 17.5 Å². The van der Waals surface area contributed by atoms with Crippen LogP contribution in [0.15, 0.2) is 258 Å². The number of benzene rings is 11. The van der Waals surface area contributed by atoms with E-state index >= 15 is 0 Å². The maximum Gasteiger partial charge on any atom is 0.164 e. The Hall–Kier alpha value is -9.71. The van der Waals surface area contributed by atoms with Crippen LogP contribution in [0.4, 0.5) is 0 Å². The molecular weight excluding hydrogens is 879 g/mol. The third-order valence-corrected chi connectivity index (χ3v) is 14.0. The van der Waals surface area contributed by atoms with Gasteiger partial charge in [-0.15, -0.1) is 0 Å². The molecule has 5 nitrogen and oxygen atoms in total. The molecular formula is C67H41N3O2. The summed E-state index contributed by atoms with van der Waals surface area (Å²) in [5.74, 6) is 1.78. The van der Waals surface area contributed by atoms with Crippen LogP contribution in [-0.4, -0.2) is 15.0 Å². The van der Waals surface area contributed by atoms with E-state index in [1.807, 2.05) is 12.1 Å². The van der Waals surface area contributed by atoms with Crippen molar-refractivity contribution in [2.75, 3.05) is 0 Å². The van der Waals surface area contributed by atoms with Gasteiger partial charge in [0.15, 0.2) is 17.5 Å². The molecule has 0 atom stereocenters. The lowest BCUT2D eigenvalue weighted by Crippen LogP contribution is -2.00. The summed E-state index contributed by atoms with van der Waals surface area (Å²) in [4.78, 5) is 15.5. The summed E-state index contributed by atoms with van der Waals surface area (Å²) in [6.45, 7) is 0. The zero-order valence-corrected chi connectivity index (χ0v) is 38.8. The lowest BCUT2D eigenvalue weighted by atomic mass is 9.97. The van der Waals surface area contributed by atoms with Crippen molar-refractivity contribution in [1.29, 1.82) is 0 Å². The second-order valence-corrected chi connectivity index (χ2v) is 18.3. The number of aromatic nitrogens is 3. The standard InChI is InChI=1S/C67H41N3O2/c1-3-14-42(15-4-1)50-20-9-21-51(40-50)56-25-13-29-60-59-28-12-24-55(63(59)72-64(56)60)46-33-37-48(38-34-46)66-68-65(69-67(70-66)52-39-30-43-16-7-8-19-49(43)41-52)47-35-31-45(32-36-47)54-23-11-27-58-57-26-10-22-53(61(57)71-62(54)58)44-17-5-2-6-18-44/h1-41H. The fourth-order valence-electron chi connectivity index (χ4n) is 10.4. The first kappa shape index (κ1) is 41.3. The first-order chi connectivity index (χ1) is 35.7. The number of nitrogens with zero attached hydrogens (tertiary/aromatic N) is 3. The van der Waals surface area contributed by atoms with Gasteiger partial charge in [0.05, 0.1) is 0 Å². The quantitative estimate of drug-likeness (QED) is 0.152. The molecule has 0 fully saturated rings. The molecule has 0 unspecified atom stereocenters. The van der Waals surface area contributed by atoms with E-state index in [-0.39, 0.29) is 0 Å². The average Bonchev–Trinajstić information content (AvgIpc) is 4.05. The third kappa shape index (κ3) is 7.14. The van der Waals surface area contributed by atoms with Gasteiger partial charge >= 0.3 is 0 Å². The number of para-hydroxylation sites is 4. The van der Waals surface area contributed by atoms with Crippen LogP contribution >= 0.6 is 0 Å². The summed E-state index contributed by atoms with van der Waals surface area (Å²) in [7, 11) is 0.